The fourth-order valence-electron chi connectivity index (χ4n) is 2.14. The Morgan fingerprint density at radius 2 is 1.65 bits per heavy atom. The highest BCUT2D eigenvalue weighted by Crippen LogP contribution is 2.13. The molecule has 0 N–H and O–H groups in total. The van der Waals surface area contributed by atoms with Crippen LogP contribution in [0, 0.1) is 0 Å². The molecule has 0 aliphatic carbocycles. The number of ketones is 1. The fraction of sp³-hybridized carbons (Fsp3) is 0.263. The number of ether oxygens (including phenoxy) is 1. The van der Waals surface area contributed by atoms with Crippen molar-refractivity contribution in [2.24, 2.45) is 0 Å². The van der Waals surface area contributed by atoms with Crippen molar-refractivity contribution >= 4 is 11.7 Å². The van der Waals surface area contributed by atoms with Crippen LogP contribution < -0.4 is 4.74 Å². The zero-order chi connectivity index (χ0) is 16.7. The van der Waals surface area contributed by atoms with Crippen molar-refractivity contribution in [3.8, 4) is 5.75 Å². The summed E-state index contributed by atoms with van der Waals surface area (Å²) >= 11 is 0. The Labute approximate surface area is 136 Å². The van der Waals surface area contributed by atoms with Crippen molar-refractivity contribution in [2.75, 3.05) is 13.7 Å². The number of hydrogen-bond donors (Lipinski definition) is 0. The van der Waals surface area contributed by atoms with Crippen molar-refractivity contribution < 1.29 is 14.3 Å². The summed E-state index contributed by atoms with van der Waals surface area (Å²) < 4.78 is 5.49. The fourth-order valence-corrected chi connectivity index (χ4v) is 2.14. The highest BCUT2D eigenvalue weighted by Gasteiger charge is 2.10. The van der Waals surface area contributed by atoms with E-state index in [-0.39, 0.29) is 18.3 Å². The van der Waals surface area contributed by atoms with Gasteiger partial charge in [-0.05, 0) is 29.8 Å². The Kier molecular flexibility index (Phi) is 5.92. The van der Waals surface area contributed by atoms with Gasteiger partial charge in [-0.15, -0.1) is 0 Å². The Morgan fingerprint density at radius 1 is 1.00 bits per heavy atom. The van der Waals surface area contributed by atoms with Gasteiger partial charge in [0.1, 0.15) is 5.75 Å². The van der Waals surface area contributed by atoms with Gasteiger partial charge in [-0.1, -0.05) is 37.3 Å². The maximum Gasteiger partial charge on any atom is 0.260 e. The molecule has 0 radical (unpaired) electrons. The van der Waals surface area contributed by atoms with Gasteiger partial charge in [0.05, 0.1) is 0 Å². The van der Waals surface area contributed by atoms with Crippen LogP contribution in [0.2, 0.25) is 0 Å². The van der Waals surface area contributed by atoms with E-state index in [2.05, 4.69) is 0 Å². The Balaban J connectivity index is 1.85. The minimum absolute atomic E-state index is 0.0234. The first kappa shape index (κ1) is 16.7. The lowest BCUT2D eigenvalue weighted by Gasteiger charge is -2.17. The van der Waals surface area contributed by atoms with E-state index in [1.807, 2.05) is 37.3 Å². The molecule has 0 aliphatic heterocycles. The average Bonchev–Trinajstić information content (AvgIpc) is 2.60. The molecule has 23 heavy (non-hydrogen) atoms. The second kappa shape index (κ2) is 8.13. The third-order valence-corrected chi connectivity index (χ3v) is 3.55. The molecule has 0 unspecified atom stereocenters. The third-order valence-electron chi connectivity index (χ3n) is 3.55. The largest absolute Gasteiger partial charge is 0.484 e. The van der Waals surface area contributed by atoms with E-state index in [0.717, 1.165) is 5.56 Å². The molecule has 0 aromatic heterocycles. The highest BCUT2D eigenvalue weighted by atomic mass is 16.5. The second-order valence-corrected chi connectivity index (χ2v) is 5.33. The summed E-state index contributed by atoms with van der Waals surface area (Å²) in [7, 11) is 1.75. The molecule has 0 aliphatic rings. The van der Waals surface area contributed by atoms with Crippen LogP contribution in [0.15, 0.2) is 54.6 Å². The number of rotatable bonds is 7. The van der Waals surface area contributed by atoms with Crippen LogP contribution in [-0.2, 0) is 11.3 Å². The summed E-state index contributed by atoms with van der Waals surface area (Å²) in [5.74, 6) is 0.580. The first-order valence-electron chi connectivity index (χ1n) is 7.64. The van der Waals surface area contributed by atoms with Gasteiger partial charge in [-0.3, -0.25) is 9.59 Å². The number of likely N-dealkylation sites (N-methyl/N-ethyl adjacent to an activating group) is 1. The van der Waals surface area contributed by atoms with Gasteiger partial charge < -0.3 is 9.64 Å². The molecule has 120 valence electrons. The maximum absolute atomic E-state index is 12.1. The van der Waals surface area contributed by atoms with Crippen LogP contribution in [0.3, 0.4) is 0 Å². The van der Waals surface area contributed by atoms with Crippen LogP contribution in [0.4, 0.5) is 0 Å². The number of carbonyl (C=O) groups excluding carboxylic acids is 2. The van der Waals surface area contributed by atoms with Crippen LogP contribution in [0.5, 0.6) is 5.75 Å². The van der Waals surface area contributed by atoms with Crippen molar-refractivity contribution in [2.45, 2.75) is 19.9 Å². The molecule has 2 aromatic rings. The van der Waals surface area contributed by atoms with E-state index in [1.54, 1.807) is 36.2 Å². The first-order chi connectivity index (χ1) is 11.1. The molecule has 4 heteroatoms. The molecule has 0 bridgehead atoms. The third kappa shape index (κ3) is 4.95. The van der Waals surface area contributed by atoms with Crippen LogP contribution in [0.25, 0.3) is 0 Å². The van der Waals surface area contributed by atoms with Gasteiger partial charge in [0, 0.05) is 25.6 Å². The topological polar surface area (TPSA) is 46.6 Å². The molecular formula is C19H21NO3. The minimum Gasteiger partial charge on any atom is -0.484 e. The number of amides is 1. The van der Waals surface area contributed by atoms with E-state index in [1.165, 1.54) is 0 Å². The van der Waals surface area contributed by atoms with Gasteiger partial charge in [0.25, 0.3) is 5.91 Å². The van der Waals surface area contributed by atoms with Gasteiger partial charge in [0.2, 0.25) is 0 Å². The lowest BCUT2D eigenvalue weighted by atomic mass is 10.1. The van der Waals surface area contributed by atoms with Gasteiger partial charge in [-0.25, -0.2) is 0 Å². The number of hydrogen-bond acceptors (Lipinski definition) is 3. The van der Waals surface area contributed by atoms with E-state index < -0.39 is 0 Å². The number of nitrogens with zero attached hydrogens (tertiary/aromatic N) is 1. The Bertz CT molecular complexity index is 650. The van der Waals surface area contributed by atoms with Gasteiger partial charge in [0.15, 0.2) is 12.4 Å². The predicted octanol–water partition coefficient (Wildman–Crippen LogP) is 3.32. The van der Waals surface area contributed by atoms with Crippen molar-refractivity contribution in [1.29, 1.82) is 0 Å². The summed E-state index contributed by atoms with van der Waals surface area (Å²) in [6.07, 6.45) is 0.475. The summed E-state index contributed by atoms with van der Waals surface area (Å²) in [5, 5.41) is 0. The summed E-state index contributed by atoms with van der Waals surface area (Å²) in [6, 6.07) is 16.7. The van der Waals surface area contributed by atoms with Crippen molar-refractivity contribution in [1.82, 2.24) is 4.90 Å². The molecule has 0 atom stereocenters. The molecule has 0 spiro atoms. The SMILES string of the molecule is CCC(=O)c1ccc(OCC(=O)N(C)Cc2ccccc2)cc1. The number of carbonyl (C=O) groups is 2. The van der Waals surface area contributed by atoms with Gasteiger partial charge >= 0.3 is 0 Å². The van der Waals surface area contributed by atoms with Crippen LogP contribution in [-0.4, -0.2) is 30.2 Å². The Morgan fingerprint density at radius 3 is 2.26 bits per heavy atom. The molecule has 2 aromatic carbocycles. The lowest BCUT2D eigenvalue weighted by molar-refractivity contribution is -0.132. The second-order valence-electron chi connectivity index (χ2n) is 5.33. The average molecular weight is 311 g/mol. The molecule has 0 fully saturated rings. The summed E-state index contributed by atoms with van der Waals surface area (Å²) in [6.45, 7) is 2.35. The predicted molar refractivity (Wildman–Crippen MR) is 89.5 cm³/mol. The van der Waals surface area contributed by atoms with E-state index >= 15 is 0 Å². The van der Waals surface area contributed by atoms with Crippen LogP contribution in [0.1, 0.15) is 29.3 Å². The summed E-state index contributed by atoms with van der Waals surface area (Å²) in [4.78, 5) is 25.3. The zero-order valence-corrected chi connectivity index (χ0v) is 13.5. The lowest BCUT2D eigenvalue weighted by Crippen LogP contribution is -2.30. The molecule has 0 saturated carbocycles. The number of Topliss-reactive ketones (excluding diaryl/α,β-unsaturated/α-hetero) is 1. The highest BCUT2D eigenvalue weighted by molar-refractivity contribution is 5.95. The normalized spacial score (nSPS) is 10.2. The minimum atomic E-state index is -0.0948. The molecule has 0 heterocycles. The monoisotopic (exact) mass is 311 g/mol. The summed E-state index contributed by atoms with van der Waals surface area (Å²) in [5.41, 5.74) is 1.73. The Hall–Kier alpha value is -2.62. The quantitative estimate of drug-likeness (QED) is 0.737. The molecule has 2 rings (SSSR count). The van der Waals surface area contributed by atoms with Crippen molar-refractivity contribution in [3.05, 3.63) is 65.7 Å². The standard InChI is InChI=1S/C19H21NO3/c1-3-18(21)16-9-11-17(12-10-16)23-14-19(22)20(2)13-15-7-5-4-6-8-15/h4-12H,3,13-14H2,1-2H3. The van der Waals surface area contributed by atoms with Gasteiger partial charge in [-0.2, -0.15) is 0 Å². The van der Waals surface area contributed by atoms with Crippen molar-refractivity contribution in [3.63, 3.8) is 0 Å². The maximum atomic E-state index is 12.1. The van der Waals surface area contributed by atoms with Crippen LogP contribution >= 0.6 is 0 Å². The smallest absolute Gasteiger partial charge is 0.260 e. The molecule has 4 nitrogen and oxygen atoms in total. The van der Waals surface area contributed by atoms with E-state index in [0.29, 0.717) is 24.3 Å². The van der Waals surface area contributed by atoms with E-state index in [9.17, 15) is 9.59 Å². The number of benzene rings is 2. The molecule has 0 saturated heterocycles. The molecule has 1 amide bonds. The van der Waals surface area contributed by atoms with E-state index in [4.69, 9.17) is 4.74 Å². The molecular weight excluding hydrogens is 290 g/mol. The zero-order valence-electron chi connectivity index (χ0n) is 13.5. The first-order valence-corrected chi connectivity index (χ1v) is 7.64.